The van der Waals surface area contributed by atoms with Gasteiger partial charge in [-0.25, -0.2) is 0 Å². The lowest BCUT2D eigenvalue weighted by Gasteiger charge is -2.06. The minimum Gasteiger partial charge on any atom is -0.494 e. The summed E-state index contributed by atoms with van der Waals surface area (Å²) in [5.74, 6) is -0.144. The largest absolute Gasteiger partial charge is 0.494 e. The van der Waals surface area contributed by atoms with E-state index in [1.165, 1.54) is 0 Å². The molecule has 5 nitrogen and oxygen atoms in total. The number of H-pyrrole nitrogens is 2. The van der Waals surface area contributed by atoms with Gasteiger partial charge < -0.3 is 15.0 Å². The van der Waals surface area contributed by atoms with E-state index in [2.05, 4.69) is 22.2 Å². The normalized spacial score (nSPS) is 10.7. The van der Waals surface area contributed by atoms with Crippen LogP contribution >= 0.6 is 12.2 Å². The molecule has 0 saturated carbocycles. The van der Waals surface area contributed by atoms with Gasteiger partial charge in [0.05, 0.1) is 14.1 Å². The standard InChI is InChI=1S/C7H11N3O2S/c1-10(2)3-4-5(11)8-7(13)9-6(4)12/h3H2,1-2H3,(H3,8,9,11,12,13)/p+1. The molecule has 0 aliphatic heterocycles. The number of nitrogens with one attached hydrogen (secondary N) is 3. The number of aromatic amines is 2. The summed E-state index contributed by atoms with van der Waals surface area (Å²) >= 11 is 4.68. The smallest absolute Gasteiger partial charge is 0.264 e. The van der Waals surface area contributed by atoms with Crippen LogP contribution in [0.3, 0.4) is 0 Å². The van der Waals surface area contributed by atoms with Crippen LogP contribution in [0.2, 0.25) is 0 Å². The molecule has 0 aromatic carbocycles. The first-order valence-electron chi connectivity index (χ1n) is 3.84. The van der Waals surface area contributed by atoms with Gasteiger partial charge in [-0.3, -0.25) is 9.78 Å². The number of quaternary nitrogens is 1. The van der Waals surface area contributed by atoms with Gasteiger partial charge in [0.25, 0.3) is 5.56 Å². The Labute approximate surface area is 80.0 Å². The molecule has 1 rings (SSSR count). The van der Waals surface area contributed by atoms with Gasteiger partial charge in [-0.1, -0.05) is 0 Å². The highest BCUT2D eigenvalue weighted by Crippen LogP contribution is 2.04. The first kappa shape index (κ1) is 9.94. The van der Waals surface area contributed by atoms with Gasteiger partial charge in [0, 0.05) is 0 Å². The van der Waals surface area contributed by atoms with Crippen LogP contribution in [0.1, 0.15) is 5.56 Å². The highest BCUT2D eigenvalue weighted by molar-refractivity contribution is 7.71. The third kappa shape index (κ3) is 2.40. The molecule has 0 bridgehead atoms. The maximum Gasteiger partial charge on any atom is 0.264 e. The summed E-state index contributed by atoms with van der Waals surface area (Å²) in [6.07, 6.45) is 0. The minimum absolute atomic E-state index is 0.139. The summed E-state index contributed by atoms with van der Waals surface area (Å²) in [5.41, 5.74) is -0.00366. The molecule has 0 atom stereocenters. The fourth-order valence-corrected chi connectivity index (χ4v) is 1.21. The van der Waals surface area contributed by atoms with Crippen molar-refractivity contribution in [3.8, 4) is 5.88 Å². The summed E-state index contributed by atoms with van der Waals surface area (Å²) in [7, 11) is 3.78. The summed E-state index contributed by atoms with van der Waals surface area (Å²) < 4.78 is 0.139. The fraction of sp³-hybridized carbons (Fsp3) is 0.429. The molecule has 0 saturated heterocycles. The predicted molar refractivity (Wildman–Crippen MR) is 50.4 cm³/mol. The summed E-state index contributed by atoms with van der Waals surface area (Å²) in [6, 6.07) is 0. The Kier molecular flexibility index (Phi) is 2.84. The van der Waals surface area contributed by atoms with Crippen molar-refractivity contribution in [1.29, 1.82) is 0 Å². The molecule has 0 radical (unpaired) electrons. The van der Waals surface area contributed by atoms with Crippen LogP contribution in [0.15, 0.2) is 4.79 Å². The molecule has 0 amide bonds. The molecule has 13 heavy (non-hydrogen) atoms. The fourth-order valence-electron chi connectivity index (χ4n) is 1.02. The Morgan fingerprint density at radius 2 is 2.08 bits per heavy atom. The lowest BCUT2D eigenvalue weighted by Crippen LogP contribution is -3.04. The van der Waals surface area contributed by atoms with Crippen LogP contribution in [0.4, 0.5) is 0 Å². The van der Waals surface area contributed by atoms with Crippen molar-refractivity contribution in [3.05, 3.63) is 20.7 Å². The van der Waals surface area contributed by atoms with E-state index in [9.17, 15) is 9.90 Å². The van der Waals surface area contributed by atoms with Crippen molar-refractivity contribution in [2.75, 3.05) is 14.1 Å². The van der Waals surface area contributed by atoms with Crippen molar-refractivity contribution in [2.24, 2.45) is 0 Å². The maximum absolute atomic E-state index is 11.3. The monoisotopic (exact) mass is 202 g/mol. The molecule has 1 aromatic rings. The highest BCUT2D eigenvalue weighted by Gasteiger charge is 2.10. The van der Waals surface area contributed by atoms with Gasteiger partial charge in [-0.05, 0) is 12.2 Å². The van der Waals surface area contributed by atoms with E-state index in [1.54, 1.807) is 0 Å². The van der Waals surface area contributed by atoms with E-state index in [0.717, 1.165) is 4.90 Å². The molecule has 0 aliphatic rings. The summed E-state index contributed by atoms with van der Waals surface area (Å²) in [4.78, 5) is 17.2. The number of aromatic nitrogens is 2. The van der Waals surface area contributed by atoms with E-state index in [0.29, 0.717) is 12.1 Å². The second kappa shape index (κ2) is 3.71. The van der Waals surface area contributed by atoms with E-state index in [1.807, 2.05) is 14.1 Å². The van der Waals surface area contributed by atoms with E-state index in [-0.39, 0.29) is 16.2 Å². The van der Waals surface area contributed by atoms with Gasteiger partial charge in [0.15, 0.2) is 4.77 Å². The van der Waals surface area contributed by atoms with Crippen molar-refractivity contribution in [1.82, 2.24) is 9.97 Å². The van der Waals surface area contributed by atoms with E-state index < -0.39 is 0 Å². The quantitative estimate of drug-likeness (QED) is 0.454. The lowest BCUT2D eigenvalue weighted by atomic mass is 10.3. The summed E-state index contributed by atoms with van der Waals surface area (Å²) in [6.45, 7) is 0.452. The number of hydrogen-bond acceptors (Lipinski definition) is 3. The van der Waals surface area contributed by atoms with Crippen molar-refractivity contribution in [2.45, 2.75) is 6.54 Å². The molecule has 72 valence electrons. The van der Waals surface area contributed by atoms with Crippen LogP contribution in [0.5, 0.6) is 5.88 Å². The van der Waals surface area contributed by atoms with Gasteiger partial charge in [-0.15, -0.1) is 0 Å². The lowest BCUT2D eigenvalue weighted by molar-refractivity contribution is -0.872. The Bertz CT molecular complexity index is 407. The zero-order chi connectivity index (χ0) is 10.0. The zero-order valence-corrected chi connectivity index (χ0v) is 8.29. The third-order valence-electron chi connectivity index (χ3n) is 1.55. The molecule has 0 fully saturated rings. The topological polar surface area (TPSA) is 73.3 Å². The first-order valence-corrected chi connectivity index (χ1v) is 4.25. The molecule has 4 N–H and O–H groups in total. The van der Waals surface area contributed by atoms with Gasteiger partial charge in [0.2, 0.25) is 5.88 Å². The number of aromatic hydroxyl groups is 1. The van der Waals surface area contributed by atoms with Crippen molar-refractivity contribution in [3.63, 3.8) is 0 Å². The SMILES string of the molecule is C[NH+](C)Cc1c(O)[nH]c(=S)[nH]c1=O. The molecule has 0 aliphatic carbocycles. The highest BCUT2D eigenvalue weighted by atomic mass is 32.1. The number of hydrogen-bond donors (Lipinski definition) is 4. The third-order valence-corrected chi connectivity index (χ3v) is 1.75. The molecule has 1 heterocycles. The average molecular weight is 202 g/mol. The van der Waals surface area contributed by atoms with E-state index in [4.69, 9.17) is 0 Å². The maximum atomic E-state index is 11.3. The predicted octanol–water partition coefficient (Wildman–Crippen LogP) is -1.22. The van der Waals surface area contributed by atoms with Gasteiger partial charge in [-0.2, -0.15) is 0 Å². The molecular formula is C7H12N3O2S+. The van der Waals surface area contributed by atoms with Crippen molar-refractivity contribution < 1.29 is 10.0 Å². The Balaban J connectivity index is 3.22. The second-order valence-electron chi connectivity index (χ2n) is 3.12. The van der Waals surface area contributed by atoms with Crippen molar-refractivity contribution >= 4 is 12.2 Å². The van der Waals surface area contributed by atoms with Crippen LogP contribution in [-0.4, -0.2) is 29.2 Å². The van der Waals surface area contributed by atoms with Gasteiger partial charge >= 0.3 is 0 Å². The minimum atomic E-state index is -0.331. The average Bonchev–Trinajstić information content (AvgIpc) is 1.96. The molecule has 1 aromatic heterocycles. The Morgan fingerprint density at radius 1 is 1.46 bits per heavy atom. The zero-order valence-electron chi connectivity index (χ0n) is 7.47. The van der Waals surface area contributed by atoms with Crippen LogP contribution in [-0.2, 0) is 6.54 Å². The second-order valence-corrected chi connectivity index (χ2v) is 3.53. The molecule has 0 spiro atoms. The van der Waals surface area contributed by atoms with Crippen LogP contribution < -0.4 is 10.5 Å². The van der Waals surface area contributed by atoms with Gasteiger partial charge in [0.1, 0.15) is 12.1 Å². The van der Waals surface area contributed by atoms with E-state index >= 15 is 0 Å². The molecular weight excluding hydrogens is 190 g/mol. The first-order chi connectivity index (χ1) is 6.00. The Morgan fingerprint density at radius 3 is 2.54 bits per heavy atom. The number of rotatable bonds is 2. The van der Waals surface area contributed by atoms with Crippen LogP contribution in [0.25, 0.3) is 0 Å². The van der Waals surface area contributed by atoms with Crippen LogP contribution in [0, 0.1) is 4.77 Å². The molecule has 6 heteroatoms. The Hall–Kier alpha value is -1.14. The molecule has 0 unspecified atom stereocenters. The summed E-state index contributed by atoms with van der Waals surface area (Å²) in [5, 5.41) is 9.37.